The van der Waals surface area contributed by atoms with Gasteiger partial charge in [0.15, 0.2) is 17.2 Å². The van der Waals surface area contributed by atoms with Crippen molar-refractivity contribution in [3.63, 3.8) is 0 Å². The molecule has 186 valence electrons. The molecule has 3 N–H and O–H groups in total. The lowest BCUT2D eigenvalue weighted by Crippen LogP contribution is -2.61. The van der Waals surface area contributed by atoms with Crippen LogP contribution in [-0.4, -0.2) is 59.2 Å². The van der Waals surface area contributed by atoms with Gasteiger partial charge in [0.2, 0.25) is 0 Å². The minimum absolute atomic E-state index is 0.0650. The zero-order chi connectivity index (χ0) is 24.6. The van der Waals surface area contributed by atoms with E-state index in [2.05, 4.69) is 26.9 Å². The molecular formula is C26H32N4O4S. The number of aromatic nitrogens is 4. The minimum Gasteiger partial charge on any atom is -0.393 e. The molecule has 3 fully saturated rings. The molecule has 4 aliphatic rings. The first-order valence-corrected chi connectivity index (χ1v) is 13.6. The maximum absolute atomic E-state index is 13.6. The number of thioether (sulfide) groups is 1. The van der Waals surface area contributed by atoms with Crippen LogP contribution in [0.15, 0.2) is 29.3 Å². The number of nitrogens with zero attached hydrogens (tertiary/aromatic N) is 3. The third kappa shape index (κ3) is 3.23. The number of rotatable bonds is 4. The molecule has 0 aliphatic heterocycles. The van der Waals surface area contributed by atoms with E-state index in [9.17, 15) is 19.8 Å². The van der Waals surface area contributed by atoms with E-state index in [0.29, 0.717) is 35.5 Å². The number of allylic oxidation sites excluding steroid dienone is 1. The number of hydrogen-bond acceptors (Lipinski definition) is 8. The number of hydrogen-bond donors (Lipinski definition) is 3. The van der Waals surface area contributed by atoms with Crippen molar-refractivity contribution in [2.75, 3.05) is 5.75 Å². The molecule has 0 unspecified atom stereocenters. The third-order valence-corrected chi connectivity index (χ3v) is 11.0. The van der Waals surface area contributed by atoms with E-state index in [1.807, 2.05) is 13.0 Å². The van der Waals surface area contributed by atoms with Crippen molar-refractivity contribution in [1.29, 1.82) is 0 Å². The number of imidazole rings is 1. The molecule has 6 rings (SSSR count). The normalized spacial score (nSPS) is 40.7. The molecule has 7 atom stereocenters. The van der Waals surface area contributed by atoms with Gasteiger partial charge in [0.05, 0.1) is 18.2 Å². The molecule has 35 heavy (non-hydrogen) atoms. The number of nitrogens with one attached hydrogen (secondary N) is 1. The highest BCUT2D eigenvalue weighted by Crippen LogP contribution is 2.67. The fourth-order valence-electron chi connectivity index (χ4n) is 8.26. The highest BCUT2D eigenvalue weighted by Gasteiger charge is 2.68. The Morgan fingerprint density at radius 1 is 1.20 bits per heavy atom. The summed E-state index contributed by atoms with van der Waals surface area (Å²) in [5.41, 5.74) is 0.0908. The number of aromatic amines is 1. The highest BCUT2D eigenvalue weighted by atomic mass is 32.2. The van der Waals surface area contributed by atoms with Gasteiger partial charge in [-0.05, 0) is 67.8 Å². The summed E-state index contributed by atoms with van der Waals surface area (Å²) < 4.78 is 0. The van der Waals surface area contributed by atoms with Gasteiger partial charge < -0.3 is 15.2 Å². The maximum atomic E-state index is 13.6. The Morgan fingerprint density at radius 2 is 2.03 bits per heavy atom. The second-order valence-corrected chi connectivity index (χ2v) is 12.4. The number of aliphatic hydroxyl groups excluding tert-OH is 1. The summed E-state index contributed by atoms with van der Waals surface area (Å²) in [6.07, 6.45) is 8.87. The number of fused-ring (bicyclic) bond motifs is 6. The van der Waals surface area contributed by atoms with E-state index in [0.717, 1.165) is 25.7 Å². The largest absolute Gasteiger partial charge is 0.393 e. The van der Waals surface area contributed by atoms with E-state index in [4.69, 9.17) is 0 Å². The van der Waals surface area contributed by atoms with Gasteiger partial charge in [0, 0.05) is 11.8 Å². The molecular weight excluding hydrogens is 464 g/mol. The zero-order valence-corrected chi connectivity index (χ0v) is 21.0. The molecule has 2 aromatic heterocycles. The van der Waals surface area contributed by atoms with Crippen molar-refractivity contribution in [1.82, 2.24) is 19.9 Å². The molecule has 0 aromatic carbocycles. The van der Waals surface area contributed by atoms with Crippen LogP contribution in [0.4, 0.5) is 0 Å². The fraction of sp³-hybridized carbons (Fsp3) is 0.654. The second-order valence-electron chi connectivity index (χ2n) is 11.5. The molecule has 0 radical (unpaired) electrons. The van der Waals surface area contributed by atoms with Crippen LogP contribution in [0.25, 0.3) is 11.2 Å². The summed E-state index contributed by atoms with van der Waals surface area (Å²) in [5.74, 6) is 0.566. The van der Waals surface area contributed by atoms with Gasteiger partial charge in [-0.3, -0.25) is 9.59 Å². The van der Waals surface area contributed by atoms with Gasteiger partial charge in [0.25, 0.3) is 0 Å². The van der Waals surface area contributed by atoms with Crippen molar-refractivity contribution < 1.29 is 19.8 Å². The average Bonchev–Trinajstić information content (AvgIpc) is 3.41. The molecule has 2 heterocycles. The van der Waals surface area contributed by atoms with E-state index >= 15 is 0 Å². The van der Waals surface area contributed by atoms with Crippen LogP contribution in [0.2, 0.25) is 0 Å². The molecule has 8 nitrogen and oxygen atoms in total. The summed E-state index contributed by atoms with van der Waals surface area (Å²) in [5, 5.41) is 24.1. The van der Waals surface area contributed by atoms with E-state index in [1.54, 1.807) is 6.33 Å². The van der Waals surface area contributed by atoms with Crippen molar-refractivity contribution in [2.24, 2.45) is 28.6 Å². The van der Waals surface area contributed by atoms with Crippen LogP contribution in [0, 0.1) is 28.6 Å². The predicted octanol–water partition coefficient (Wildman–Crippen LogP) is 3.25. The quantitative estimate of drug-likeness (QED) is 0.435. The van der Waals surface area contributed by atoms with Crippen molar-refractivity contribution in [2.45, 2.75) is 75.5 Å². The molecule has 0 bridgehead atoms. The minimum atomic E-state index is -1.48. The summed E-state index contributed by atoms with van der Waals surface area (Å²) in [7, 11) is 0. The SMILES string of the molecule is C[C@]12CCC(=O)C=C1CC[C@@H]1[C@@H]2[C@H](O)C[C@@]2(C)[C@H]1CC[C@]2(O)C(=O)CSc1ncnc2nc[nH]c12. The third-order valence-electron chi connectivity index (χ3n) is 10.0. The van der Waals surface area contributed by atoms with Crippen LogP contribution in [0.3, 0.4) is 0 Å². The number of Topliss-reactive ketones (excluding diaryl/α,β-unsaturated/α-hetero) is 1. The van der Waals surface area contributed by atoms with E-state index in [1.165, 1.54) is 23.7 Å². The summed E-state index contributed by atoms with van der Waals surface area (Å²) >= 11 is 1.29. The smallest absolute Gasteiger partial charge is 0.181 e. The number of carbonyl (C=O) groups excluding carboxylic acids is 2. The van der Waals surface area contributed by atoms with Crippen LogP contribution in [0.1, 0.15) is 58.8 Å². The number of H-pyrrole nitrogens is 1. The summed E-state index contributed by atoms with van der Waals surface area (Å²) in [6, 6.07) is 0. The van der Waals surface area contributed by atoms with Crippen LogP contribution in [0.5, 0.6) is 0 Å². The first-order valence-electron chi connectivity index (χ1n) is 12.6. The van der Waals surface area contributed by atoms with Gasteiger partial charge in [0.1, 0.15) is 22.5 Å². The molecule has 0 saturated heterocycles. The molecule has 3 saturated carbocycles. The van der Waals surface area contributed by atoms with E-state index < -0.39 is 17.1 Å². The Kier molecular flexibility index (Phi) is 5.29. The number of ketones is 2. The van der Waals surface area contributed by atoms with Gasteiger partial charge in [-0.2, -0.15) is 0 Å². The lowest BCUT2D eigenvalue weighted by Gasteiger charge is -2.60. The lowest BCUT2D eigenvalue weighted by atomic mass is 9.45. The van der Waals surface area contributed by atoms with Crippen LogP contribution < -0.4 is 0 Å². The predicted molar refractivity (Wildman–Crippen MR) is 130 cm³/mol. The Bertz CT molecular complexity index is 1240. The maximum Gasteiger partial charge on any atom is 0.181 e. The van der Waals surface area contributed by atoms with E-state index in [-0.39, 0.29) is 40.5 Å². The lowest BCUT2D eigenvalue weighted by molar-refractivity contribution is -0.178. The van der Waals surface area contributed by atoms with Gasteiger partial charge in [-0.25, -0.2) is 15.0 Å². The summed E-state index contributed by atoms with van der Waals surface area (Å²) in [4.78, 5) is 41.3. The van der Waals surface area contributed by atoms with Gasteiger partial charge >= 0.3 is 0 Å². The van der Waals surface area contributed by atoms with Gasteiger partial charge in [-0.1, -0.05) is 31.2 Å². The Balaban J connectivity index is 1.26. The first kappa shape index (κ1) is 23.3. The fourth-order valence-corrected chi connectivity index (χ4v) is 9.18. The molecule has 0 amide bonds. The number of aliphatic hydroxyl groups is 2. The first-order chi connectivity index (χ1) is 16.7. The monoisotopic (exact) mass is 496 g/mol. The van der Waals surface area contributed by atoms with Crippen molar-refractivity contribution in [3.8, 4) is 0 Å². The highest BCUT2D eigenvalue weighted by molar-refractivity contribution is 8.00. The molecule has 4 aliphatic carbocycles. The second kappa shape index (κ2) is 7.95. The Labute approximate surface area is 208 Å². The van der Waals surface area contributed by atoms with Crippen LogP contribution >= 0.6 is 11.8 Å². The Morgan fingerprint density at radius 3 is 2.86 bits per heavy atom. The summed E-state index contributed by atoms with van der Waals surface area (Å²) in [6.45, 7) is 4.23. The molecule has 9 heteroatoms. The number of carbonyl (C=O) groups is 2. The Hall–Kier alpha value is -2.10. The van der Waals surface area contributed by atoms with Crippen molar-refractivity contribution >= 4 is 34.5 Å². The molecule has 2 aromatic rings. The standard InChI is InChI=1S/C26H32N4O4S/c1-24-7-5-15(31)9-14(24)3-4-16-17-6-8-26(34,25(17,2)10-18(32)20(16)24)19(33)11-35-23-21-22(28-12-27-21)29-13-30-23/h9,12-13,16-18,20,32,34H,3-8,10-11H2,1-2H3,(H,27,28,29,30)/t16-,17-,18+,20+,24-,25-,26-/m0/s1. The zero-order valence-electron chi connectivity index (χ0n) is 20.2. The molecule has 0 spiro atoms. The van der Waals surface area contributed by atoms with Crippen molar-refractivity contribution in [3.05, 3.63) is 24.3 Å². The van der Waals surface area contributed by atoms with Gasteiger partial charge in [-0.15, -0.1) is 0 Å². The van der Waals surface area contributed by atoms with Crippen LogP contribution in [-0.2, 0) is 9.59 Å². The topological polar surface area (TPSA) is 129 Å². The average molecular weight is 497 g/mol.